The van der Waals surface area contributed by atoms with Crippen molar-refractivity contribution in [3.05, 3.63) is 72.3 Å². The molecule has 0 aliphatic carbocycles. The number of fused-ring (bicyclic) bond motifs is 4. The van der Waals surface area contributed by atoms with Gasteiger partial charge in [-0.15, -0.1) is 0 Å². The molecule has 148 valence electrons. The van der Waals surface area contributed by atoms with Gasteiger partial charge in [0.25, 0.3) is 5.91 Å². The molecule has 0 saturated carbocycles. The molecule has 1 saturated heterocycles. The average molecular weight is 388 g/mol. The number of pyridine rings is 1. The topological polar surface area (TPSA) is 59.4 Å². The Kier molecular flexibility index (Phi) is 4.27. The molecule has 1 amide bonds. The van der Waals surface area contributed by atoms with E-state index in [2.05, 4.69) is 45.3 Å². The molecule has 6 nitrogen and oxygen atoms in total. The van der Waals surface area contributed by atoms with Gasteiger partial charge >= 0.3 is 0 Å². The second-order valence-corrected chi connectivity index (χ2v) is 7.61. The molecule has 2 aliphatic rings. The van der Waals surface area contributed by atoms with Gasteiger partial charge in [-0.1, -0.05) is 0 Å². The van der Waals surface area contributed by atoms with Gasteiger partial charge in [-0.25, -0.2) is 0 Å². The molecule has 6 heteroatoms. The lowest BCUT2D eigenvalue weighted by Crippen LogP contribution is -2.51. The standard InChI is InChI=1S/C23H24N4O2/c1-2-29-18-5-6-20-19(16-18)25-23(21-4-3-13-27(20)21)9-14-26(15-10-23)22(28)17-7-11-24-12-8-17/h3-8,11-13,16,25H,2,9-10,14-15H2,1H3. The maximum atomic E-state index is 12.8. The zero-order valence-corrected chi connectivity index (χ0v) is 16.5. The summed E-state index contributed by atoms with van der Waals surface area (Å²) in [5.41, 5.74) is 3.98. The number of rotatable bonds is 3. The highest BCUT2D eigenvalue weighted by molar-refractivity contribution is 5.94. The molecule has 1 N–H and O–H groups in total. The van der Waals surface area contributed by atoms with Gasteiger partial charge in [-0.05, 0) is 56.2 Å². The fourth-order valence-corrected chi connectivity index (χ4v) is 4.53. The highest BCUT2D eigenvalue weighted by atomic mass is 16.5. The minimum absolute atomic E-state index is 0.0764. The van der Waals surface area contributed by atoms with E-state index in [1.807, 2.05) is 17.9 Å². The van der Waals surface area contributed by atoms with Crippen LogP contribution in [0.5, 0.6) is 5.75 Å². The highest BCUT2D eigenvalue weighted by Crippen LogP contribution is 2.44. The molecule has 0 bridgehead atoms. The van der Waals surface area contributed by atoms with E-state index in [1.165, 1.54) is 5.69 Å². The number of carbonyl (C=O) groups is 1. The van der Waals surface area contributed by atoms with Crippen LogP contribution in [0.4, 0.5) is 5.69 Å². The van der Waals surface area contributed by atoms with Crippen molar-refractivity contribution in [2.24, 2.45) is 0 Å². The third-order valence-electron chi connectivity index (χ3n) is 5.98. The maximum absolute atomic E-state index is 12.8. The van der Waals surface area contributed by atoms with Gasteiger partial charge in [0.2, 0.25) is 0 Å². The van der Waals surface area contributed by atoms with Gasteiger partial charge in [0, 0.05) is 49.0 Å². The Morgan fingerprint density at radius 2 is 1.97 bits per heavy atom. The van der Waals surface area contributed by atoms with E-state index >= 15 is 0 Å². The third kappa shape index (κ3) is 2.95. The predicted molar refractivity (Wildman–Crippen MR) is 112 cm³/mol. The number of amides is 1. The second-order valence-electron chi connectivity index (χ2n) is 7.61. The van der Waals surface area contributed by atoms with Crippen molar-refractivity contribution in [2.75, 3.05) is 25.0 Å². The van der Waals surface area contributed by atoms with Crippen LogP contribution in [0.3, 0.4) is 0 Å². The first-order chi connectivity index (χ1) is 14.2. The minimum Gasteiger partial charge on any atom is -0.494 e. The lowest BCUT2D eigenvalue weighted by atomic mass is 9.82. The van der Waals surface area contributed by atoms with Crippen LogP contribution in [0, 0.1) is 0 Å². The molecular formula is C23H24N4O2. The Morgan fingerprint density at radius 1 is 1.17 bits per heavy atom. The highest BCUT2D eigenvalue weighted by Gasteiger charge is 2.42. The number of hydrogen-bond acceptors (Lipinski definition) is 4. The Hall–Kier alpha value is -3.28. The summed E-state index contributed by atoms with van der Waals surface area (Å²) in [6.45, 7) is 4.05. The van der Waals surface area contributed by atoms with Gasteiger partial charge in [0.1, 0.15) is 5.75 Å². The number of piperidine rings is 1. The number of ether oxygens (including phenoxy) is 1. The predicted octanol–water partition coefficient (Wildman–Crippen LogP) is 3.83. The first-order valence-corrected chi connectivity index (χ1v) is 10.1. The Morgan fingerprint density at radius 3 is 2.72 bits per heavy atom. The van der Waals surface area contributed by atoms with Gasteiger partial charge < -0.3 is 19.5 Å². The number of nitrogens with one attached hydrogen (secondary N) is 1. The zero-order chi connectivity index (χ0) is 19.8. The van der Waals surface area contributed by atoms with Crippen LogP contribution in [0.25, 0.3) is 5.69 Å². The van der Waals surface area contributed by atoms with Crippen LogP contribution >= 0.6 is 0 Å². The first kappa shape index (κ1) is 17.8. The largest absolute Gasteiger partial charge is 0.494 e. The molecule has 3 aromatic rings. The molecule has 0 atom stereocenters. The van der Waals surface area contributed by atoms with E-state index in [4.69, 9.17) is 4.74 Å². The van der Waals surface area contributed by atoms with Gasteiger partial charge in [0.15, 0.2) is 0 Å². The summed E-state index contributed by atoms with van der Waals surface area (Å²) in [5.74, 6) is 0.947. The number of likely N-dealkylation sites (tertiary alicyclic amines) is 1. The number of aromatic nitrogens is 2. The first-order valence-electron chi connectivity index (χ1n) is 10.1. The number of hydrogen-bond donors (Lipinski definition) is 1. The SMILES string of the molecule is CCOc1ccc2c(c1)NC1(CCN(C(=O)c3ccncc3)CC1)c1cccn1-2. The van der Waals surface area contributed by atoms with Crippen LogP contribution in [0.2, 0.25) is 0 Å². The van der Waals surface area contributed by atoms with Crippen LogP contribution in [-0.4, -0.2) is 40.1 Å². The summed E-state index contributed by atoms with van der Waals surface area (Å²) in [4.78, 5) is 18.8. The molecule has 1 aromatic carbocycles. The van der Waals surface area contributed by atoms with Crippen molar-refractivity contribution in [1.82, 2.24) is 14.5 Å². The Bertz CT molecular complexity index is 1040. The molecular weight excluding hydrogens is 364 g/mol. The van der Waals surface area contributed by atoms with Crippen molar-refractivity contribution >= 4 is 11.6 Å². The molecule has 29 heavy (non-hydrogen) atoms. The summed E-state index contributed by atoms with van der Waals surface area (Å²) < 4.78 is 7.97. The second kappa shape index (κ2) is 6.95. The van der Waals surface area contributed by atoms with Crippen LogP contribution in [-0.2, 0) is 5.54 Å². The Balaban J connectivity index is 1.42. The summed E-state index contributed by atoms with van der Waals surface area (Å²) in [7, 11) is 0. The molecule has 0 radical (unpaired) electrons. The minimum atomic E-state index is -0.184. The molecule has 2 aromatic heterocycles. The van der Waals surface area contributed by atoms with Crippen molar-refractivity contribution in [1.29, 1.82) is 0 Å². The summed E-state index contributed by atoms with van der Waals surface area (Å²) in [6.07, 6.45) is 7.16. The van der Waals surface area contributed by atoms with Crippen molar-refractivity contribution in [3.63, 3.8) is 0 Å². The number of anilines is 1. The zero-order valence-electron chi connectivity index (χ0n) is 16.5. The lowest BCUT2D eigenvalue weighted by molar-refractivity contribution is 0.0676. The normalized spacial score (nSPS) is 16.7. The average Bonchev–Trinajstić information content (AvgIpc) is 3.26. The lowest BCUT2D eigenvalue weighted by Gasteiger charge is -2.46. The van der Waals surface area contributed by atoms with E-state index in [0.29, 0.717) is 25.3 Å². The smallest absolute Gasteiger partial charge is 0.253 e. The van der Waals surface area contributed by atoms with Gasteiger partial charge in [-0.2, -0.15) is 0 Å². The molecule has 4 heterocycles. The van der Waals surface area contributed by atoms with Crippen molar-refractivity contribution < 1.29 is 9.53 Å². The summed E-state index contributed by atoms with van der Waals surface area (Å²) >= 11 is 0. The monoisotopic (exact) mass is 388 g/mol. The molecule has 5 rings (SSSR count). The summed E-state index contributed by atoms with van der Waals surface area (Å²) in [6, 6.07) is 14.0. The van der Waals surface area contributed by atoms with E-state index in [9.17, 15) is 4.79 Å². The number of nitrogens with zero attached hydrogens (tertiary/aromatic N) is 3. The summed E-state index contributed by atoms with van der Waals surface area (Å²) in [5, 5.41) is 3.80. The van der Waals surface area contributed by atoms with Crippen molar-refractivity contribution in [2.45, 2.75) is 25.3 Å². The Labute approximate surface area is 170 Å². The van der Waals surface area contributed by atoms with Crippen LogP contribution in [0.1, 0.15) is 35.8 Å². The van der Waals surface area contributed by atoms with Crippen molar-refractivity contribution in [3.8, 4) is 11.4 Å². The number of carbonyl (C=O) groups excluding carboxylic acids is 1. The van der Waals surface area contributed by atoms with E-state index in [-0.39, 0.29) is 11.4 Å². The number of benzene rings is 1. The quantitative estimate of drug-likeness (QED) is 0.741. The fourth-order valence-electron chi connectivity index (χ4n) is 4.53. The third-order valence-corrected chi connectivity index (χ3v) is 5.98. The fraction of sp³-hybridized carbons (Fsp3) is 0.304. The molecule has 2 aliphatic heterocycles. The van der Waals surface area contributed by atoms with E-state index in [0.717, 1.165) is 30.0 Å². The van der Waals surface area contributed by atoms with E-state index in [1.54, 1.807) is 24.5 Å². The van der Waals surface area contributed by atoms with Gasteiger partial charge in [0.05, 0.1) is 23.5 Å². The van der Waals surface area contributed by atoms with Crippen LogP contribution in [0.15, 0.2) is 61.1 Å². The molecule has 0 unspecified atom stereocenters. The molecule has 1 fully saturated rings. The van der Waals surface area contributed by atoms with E-state index < -0.39 is 0 Å². The van der Waals surface area contributed by atoms with Crippen LogP contribution < -0.4 is 10.1 Å². The van der Waals surface area contributed by atoms with Gasteiger partial charge in [-0.3, -0.25) is 9.78 Å². The maximum Gasteiger partial charge on any atom is 0.253 e. The molecule has 1 spiro atoms.